The van der Waals surface area contributed by atoms with Crippen molar-refractivity contribution in [2.24, 2.45) is 0 Å². The summed E-state index contributed by atoms with van der Waals surface area (Å²) in [5.74, 6) is 0.850. The molecular weight excluding hydrogens is 258 g/mol. The van der Waals surface area contributed by atoms with Gasteiger partial charge in [-0.1, -0.05) is 23.5 Å². The molecule has 0 amide bonds. The Morgan fingerprint density at radius 3 is 2.79 bits per heavy atom. The third-order valence-corrected chi connectivity index (χ3v) is 4.36. The number of nitrogens with one attached hydrogen (secondary N) is 1. The summed E-state index contributed by atoms with van der Waals surface area (Å²) in [7, 11) is 5.64. The molecule has 0 saturated carbocycles. The first kappa shape index (κ1) is 13.8. The lowest BCUT2D eigenvalue weighted by atomic mass is 10.3. The van der Waals surface area contributed by atoms with Gasteiger partial charge in [0.05, 0.1) is 12.8 Å². The summed E-state index contributed by atoms with van der Waals surface area (Å²) in [6, 6.07) is 8.26. The predicted molar refractivity (Wildman–Crippen MR) is 80.6 cm³/mol. The summed E-state index contributed by atoms with van der Waals surface area (Å²) in [5.41, 5.74) is 1.02. The van der Waals surface area contributed by atoms with Gasteiger partial charge >= 0.3 is 0 Å². The van der Waals surface area contributed by atoms with Crippen molar-refractivity contribution in [3.8, 4) is 5.75 Å². The number of methoxy groups -OCH3 is 1. The minimum absolute atomic E-state index is 0.317. The molecule has 2 rings (SSSR count). The third-order valence-electron chi connectivity index (χ3n) is 3.10. The first-order chi connectivity index (χ1) is 9.17. The van der Waals surface area contributed by atoms with E-state index in [1.165, 1.54) is 4.88 Å². The molecule has 1 aromatic carbocycles. The molecule has 0 aliphatic heterocycles. The minimum atomic E-state index is 0.317. The zero-order chi connectivity index (χ0) is 13.8. The molecule has 0 aliphatic rings. The maximum absolute atomic E-state index is 5.39. The largest absolute Gasteiger partial charge is 0.495 e. The maximum Gasteiger partial charge on any atom is 0.189 e. The summed E-state index contributed by atoms with van der Waals surface area (Å²) < 4.78 is 5.39. The molecule has 0 spiro atoms. The van der Waals surface area contributed by atoms with Crippen LogP contribution in [0.3, 0.4) is 0 Å². The lowest BCUT2D eigenvalue weighted by Crippen LogP contribution is -2.11. The highest BCUT2D eigenvalue weighted by molar-refractivity contribution is 7.15. The Hall–Kier alpha value is -1.59. The van der Waals surface area contributed by atoms with Crippen molar-refractivity contribution in [3.05, 3.63) is 35.3 Å². The number of aromatic nitrogens is 1. The Balaban J connectivity index is 2.28. The van der Waals surface area contributed by atoms with Gasteiger partial charge in [-0.15, -0.1) is 0 Å². The van der Waals surface area contributed by atoms with E-state index in [2.05, 4.69) is 22.1 Å². The van der Waals surface area contributed by atoms with Crippen molar-refractivity contribution in [2.75, 3.05) is 26.1 Å². The average molecular weight is 277 g/mol. The molecule has 4 nitrogen and oxygen atoms in total. The van der Waals surface area contributed by atoms with E-state index >= 15 is 0 Å². The van der Waals surface area contributed by atoms with Crippen LogP contribution in [0, 0.1) is 0 Å². The van der Waals surface area contributed by atoms with E-state index in [9.17, 15) is 0 Å². The molecule has 1 N–H and O–H groups in total. The highest BCUT2D eigenvalue weighted by atomic mass is 32.1. The Morgan fingerprint density at radius 1 is 1.37 bits per heavy atom. The summed E-state index contributed by atoms with van der Waals surface area (Å²) in [6.07, 6.45) is 1.92. The number of rotatable bonds is 5. The molecule has 1 atom stereocenters. The molecule has 2 aromatic rings. The first-order valence-corrected chi connectivity index (χ1v) is 6.98. The fourth-order valence-corrected chi connectivity index (χ4v) is 2.74. The molecule has 1 aromatic heterocycles. The van der Waals surface area contributed by atoms with Gasteiger partial charge in [-0.2, -0.15) is 0 Å². The normalized spacial score (nSPS) is 12.2. The van der Waals surface area contributed by atoms with Crippen LogP contribution in [0.25, 0.3) is 0 Å². The number of benzene rings is 1. The molecule has 0 radical (unpaired) electrons. The number of hydrogen-bond donors (Lipinski definition) is 1. The molecule has 5 heteroatoms. The van der Waals surface area contributed by atoms with Gasteiger partial charge in [-0.25, -0.2) is 4.98 Å². The number of ether oxygens (including phenoxy) is 1. The molecule has 0 saturated heterocycles. The van der Waals surface area contributed by atoms with E-state index in [1.54, 1.807) is 18.4 Å². The standard InChI is InChI=1S/C14H19N3OS/c1-10(15-2)13-9-16-14(19-13)17(3)11-7-5-6-8-12(11)18-4/h5-10,15H,1-4H3. The Morgan fingerprint density at radius 2 is 2.11 bits per heavy atom. The van der Waals surface area contributed by atoms with E-state index in [-0.39, 0.29) is 0 Å². The van der Waals surface area contributed by atoms with Crippen molar-refractivity contribution in [2.45, 2.75) is 13.0 Å². The quantitative estimate of drug-likeness (QED) is 0.910. The summed E-state index contributed by atoms with van der Waals surface area (Å²) in [5, 5.41) is 4.18. The predicted octanol–water partition coefficient (Wildman–Crippen LogP) is 3.20. The summed E-state index contributed by atoms with van der Waals surface area (Å²) in [6.45, 7) is 2.13. The van der Waals surface area contributed by atoms with Crippen LogP contribution in [-0.4, -0.2) is 26.2 Å². The number of thiazole rings is 1. The number of nitrogens with zero attached hydrogens (tertiary/aromatic N) is 2. The van der Waals surface area contributed by atoms with E-state index in [4.69, 9.17) is 4.74 Å². The van der Waals surface area contributed by atoms with E-state index in [0.29, 0.717) is 6.04 Å². The molecule has 1 unspecified atom stereocenters. The lowest BCUT2D eigenvalue weighted by Gasteiger charge is -2.18. The Labute approximate surface area is 118 Å². The zero-order valence-corrected chi connectivity index (χ0v) is 12.5. The third kappa shape index (κ3) is 2.88. The molecule has 19 heavy (non-hydrogen) atoms. The Bertz CT molecular complexity index is 541. The van der Waals surface area contributed by atoms with Crippen molar-refractivity contribution >= 4 is 22.2 Å². The van der Waals surface area contributed by atoms with Crippen LogP contribution in [-0.2, 0) is 0 Å². The van der Waals surface area contributed by atoms with Crippen molar-refractivity contribution in [1.29, 1.82) is 0 Å². The fourth-order valence-electron chi connectivity index (χ4n) is 1.78. The van der Waals surface area contributed by atoms with Crippen LogP contribution in [0.2, 0.25) is 0 Å². The van der Waals surface area contributed by atoms with E-state index < -0.39 is 0 Å². The van der Waals surface area contributed by atoms with Crippen LogP contribution in [0.15, 0.2) is 30.5 Å². The smallest absolute Gasteiger partial charge is 0.189 e. The molecule has 102 valence electrons. The second kappa shape index (κ2) is 6.04. The van der Waals surface area contributed by atoms with Gasteiger partial charge in [-0.3, -0.25) is 0 Å². The summed E-state index contributed by atoms with van der Waals surface area (Å²) in [4.78, 5) is 7.76. The van der Waals surface area contributed by atoms with Crippen molar-refractivity contribution in [3.63, 3.8) is 0 Å². The second-order valence-corrected chi connectivity index (χ2v) is 5.33. The van der Waals surface area contributed by atoms with Crippen LogP contribution in [0.4, 0.5) is 10.8 Å². The number of para-hydroxylation sites is 2. The SMILES string of the molecule is CNC(C)c1cnc(N(C)c2ccccc2OC)s1. The van der Waals surface area contributed by atoms with Gasteiger partial charge in [-0.05, 0) is 26.1 Å². The monoisotopic (exact) mass is 277 g/mol. The number of anilines is 2. The lowest BCUT2D eigenvalue weighted by molar-refractivity contribution is 0.415. The van der Waals surface area contributed by atoms with Gasteiger partial charge in [0, 0.05) is 24.2 Å². The van der Waals surface area contributed by atoms with Crippen molar-refractivity contribution in [1.82, 2.24) is 10.3 Å². The van der Waals surface area contributed by atoms with Gasteiger partial charge in [0.1, 0.15) is 5.75 Å². The average Bonchev–Trinajstić information content (AvgIpc) is 2.95. The first-order valence-electron chi connectivity index (χ1n) is 6.17. The highest BCUT2D eigenvalue weighted by Gasteiger charge is 2.14. The second-order valence-electron chi connectivity index (χ2n) is 4.29. The zero-order valence-electron chi connectivity index (χ0n) is 11.7. The van der Waals surface area contributed by atoms with Crippen LogP contribution in [0.5, 0.6) is 5.75 Å². The van der Waals surface area contributed by atoms with Crippen molar-refractivity contribution < 1.29 is 4.74 Å². The van der Waals surface area contributed by atoms with Gasteiger partial charge < -0.3 is 15.0 Å². The minimum Gasteiger partial charge on any atom is -0.495 e. The fraction of sp³-hybridized carbons (Fsp3) is 0.357. The van der Waals surface area contributed by atoms with Gasteiger partial charge in [0.2, 0.25) is 0 Å². The molecular formula is C14H19N3OS. The molecule has 0 bridgehead atoms. The van der Waals surface area contributed by atoms with Gasteiger partial charge in [0.15, 0.2) is 5.13 Å². The van der Waals surface area contributed by atoms with Crippen LogP contribution >= 0.6 is 11.3 Å². The van der Waals surface area contributed by atoms with E-state index in [1.807, 2.05) is 44.6 Å². The molecule has 0 aliphatic carbocycles. The van der Waals surface area contributed by atoms with E-state index in [0.717, 1.165) is 16.6 Å². The maximum atomic E-state index is 5.39. The summed E-state index contributed by atoms with van der Waals surface area (Å²) >= 11 is 1.68. The van der Waals surface area contributed by atoms with Crippen LogP contribution in [0.1, 0.15) is 17.8 Å². The topological polar surface area (TPSA) is 37.4 Å². The van der Waals surface area contributed by atoms with Crippen LogP contribution < -0.4 is 15.0 Å². The highest BCUT2D eigenvalue weighted by Crippen LogP contribution is 2.35. The molecule has 1 heterocycles. The van der Waals surface area contributed by atoms with Gasteiger partial charge in [0.25, 0.3) is 0 Å². The number of hydrogen-bond acceptors (Lipinski definition) is 5. The molecule has 0 fully saturated rings. The Kier molecular flexibility index (Phi) is 4.39.